The molecule has 0 amide bonds. The average Bonchev–Trinajstić information content (AvgIpc) is 2.52. The fraction of sp³-hybridized carbons (Fsp3) is 0.188. The maximum Gasteiger partial charge on any atom is 0.303 e. The molecule has 2 aromatic rings. The van der Waals surface area contributed by atoms with Crippen LogP contribution in [0.25, 0.3) is 0 Å². The number of benzene rings is 2. The van der Waals surface area contributed by atoms with Gasteiger partial charge in [-0.25, -0.2) is 8.42 Å². The number of hydrogen-bond donors (Lipinski definition) is 1. The quantitative estimate of drug-likeness (QED) is 0.609. The topological polar surface area (TPSA) is 74.7 Å². The van der Waals surface area contributed by atoms with Crippen LogP contribution in [0.15, 0.2) is 53.4 Å². The van der Waals surface area contributed by atoms with Crippen molar-refractivity contribution in [3.8, 4) is 0 Å². The van der Waals surface area contributed by atoms with E-state index in [4.69, 9.17) is 16.7 Å². The van der Waals surface area contributed by atoms with Crippen molar-refractivity contribution < 1.29 is 18.3 Å². The van der Waals surface area contributed by atoms with Gasteiger partial charge in [0.15, 0.2) is 0 Å². The molecule has 0 aliphatic carbocycles. The molecular weight excluding hydrogens is 465 g/mol. The summed E-state index contributed by atoms with van der Waals surface area (Å²) in [5.41, 5.74) is 0.526. The second-order valence-electron chi connectivity index (χ2n) is 4.98. The highest BCUT2D eigenvalue weighted by Gasteiger charge is 2.26. The van der Waals surface area contributed by atoms with E-state index in [1.54, 1.807) is 18.2 Å². The predicted octanol–water partition coefficient (Wildman–Crippen LogP) is 4.00. The SMILES string of the molecule is O=C(O)CCCN(c1ccccc1I)S(=O)(=O)c1ccc(Cl)cc1. The normalized spacial score (nSPS) is 11.2. The van der Waals surface area contributed by atoms with Gasteiger partial charge in [0.25, 0.3) is 10.0 Å². The van der Waals surface area contributed by atoms with Crippen LogP contribution in [0.3, 0.4) is 0 Å². The Morgan fingerprint density at radius 3 is 2.33 bits per heavy atom. The van der Waals surface area contributed by atoms with Crippen LogP contribution in [0.4, 0.5) is 5.69 Å². The summed E-state index contributed by atoms with van der Waals surface area (Å²) < 4.78 is 28.0. The first-order valence-corrected chi connectivity index (χ1v) is 9.96. The number of rotatable bonds is 7. The van der Waals surface area contributed by atoms with Crippen molar-refractivity contribution in [3.05, 3.63) is 57.1 Å². The van der Waals surface area contributed by atoms with Gasteiger partial charge in [-0.1, -0.05) is 23.7 Å². The van der Waals surface area contributed by atoms with Crippen LogP contribution < -0.4 is 4.31 Å². The second kappa shape index (κ2) is 8.17. The number of carboxylic acids is 1. The molecule has 8 heteroatoms. The van der Waals surface area contributed by atoms with E-state index in [-0.39, 0.29) is 24.3 Å². The highest BCUT2D eigenvalue weighted by Crippen LogP contribution is 2.29. The lowest BCUT2D eigenvalue weighted by Gasteiger charge is -2.25. The first kappa shape index (κ1) is 19.0. The molecule has 0 fully saturated rings. The predicted molar refractivity (Wildman–Crippen MR) is 102 cm³/mol. The third kappa shape index (κ3) is 4.61. The summed E-state index contributed by atoms with van der Waals surface area (Å²) in [6.07, 6.45) is 0.114. The molecule has 128 valence electrons. The zero-order valence-corrected chi connectivity index (χ0v) is 16.3. The molecule has 0 radical (unpaired) electrons. The van der Waals surface area contributed by atoms with Gasteiger partial charge in [0.05, 0.1) is 10.6 Å². The molecule has 0 aromatic heterocycles. The number of hydrogen-bond acceptors (Lipinski definition) is 3. The van der Waals surface area contributed by atoms with Gasteiger partial charge in [-0.3, -0.25) is 9.10 Å². The molecule has 0 saturated carbocycles. The Bertz CT molecular complexity index is 824. The average molecular weight is 480 g/mol. The van der Waals surface area contributed by atoms with E-state index < -0.39 is 16.0 Å². The molecule has 1 N–H and O–H groups in total. The van der Waals surface area contributed by atoms with Crippen molar-refractivity contribution in [2.75, 3.05) is 10.8 Å². The van der Waals surface area contributed by atoms with Crippen LogP contribution >= 0.6 is 34.2 Å². The molecule has 2 aromatic carbocycles. The molecule has 0 aliphatic heterocycles. The van der Waals surface area contributed by atoms with E-state index in [9.17, 15) is 13.2 Å². The number of nitrogens with zero attached hydrogens (tertiary/aromatic N) is 1. The molecule has 0 atom stereocenters. The fourth-order valence-electron chi connectivity index (χ4n) is 2.13. The summed E-state index contributed by atoms with van der Waals surface area (Å²) in [5, 5.41) is 9.26. The van der Waals surface area contributed by atoms with Gasteiger partial charge in [-0.15, -0.1) is 0 Å². The monoisotopic (exact) mass is 479 g/mol. The Kier molecular flexibility index (Phi) is 6.47. The van der Waals surface area contributed by atoms with Gasteiger partial charge in [0.2, 0.25) is 0 Å². The third-order valence-electron chi connectivity index (χ3n) is 3.27. The van der Waals surface area contributed by atoms with Crippen molar-refractivity contribution in [1.29, 1.82) is 0 Å². The van der Waals surface area contributed by atoms with Gasteiger partial charge in [0, 0.05) is 21.6 Å². The summed E-state index contributed by atoms with van der Waals surface area (Å²) in [4.78, 5) is 10.9. The maximum absolute atomic E-state index is 13.0. The molecule has 0 saturated heterocycles. The van der Waals surface area contributed by atoms with E-state index in [0.717, 1.165) is 3.57 Å². The van der Waals surface area contributed by atoms with E-state index in [1.165, 1.54) is 28.6 Å². The molecule has 0 spiro atoms. The highest BCUT2D eigenvalue weighted by atomic mass is 127. The Labute approximate surface area is 159 Å². The third-order valence-corrected chi connectivity index (χ3v) is 6.27. The standard InChI is InChI=1S/C16H15ClINO4S/c17-12-7-9-13(10-8-12)24(22,23)19(11-3-6-16(20)21)15-5-2-1-4-14(15)18/h1-2,4-5,7-10H,3,6,11H2,(H,20,21). The van der Waals surface area contributed by atoms with E-state index >= 15 is 0 Å². The molecule has 0 unspecified atom stereocenters. The number of carbonyl (C=O) groups is 1. The van der Waals surface area contributed by atoms with Crippen molar-refractivity contribution in [1.82, 2.24) is 0 Å². The zero-order chi connectivity index (χ0) is 17.7. The van der Waals surface area contributed by atoms with Gasteiger partial charge >= 0.3 is 5.97 Å². The molecule has 5 nitrogen and oxygen atoms in total. The molecule has 0 bridgehead atoms. The summed E-state index contributed by atoms with van der Waals surface area (Å²) in [5.74, 6) is -0.957. The van der Waals surface area contributed by atoms with Gasteiger partial charge in [0.1, 0.15) is 0 Å². The zero-order valence-electron chi connectivity index (χ0n) is 12.5. The minimum Gasteiger partial charge on any atom is -0.481 e. The Morgan fingerprint density at radius 1 is 1.12 bits per heavy atom. The Hall–Kier alpha value is -1.32. The number of para-hydroxylation sites is 1. The fourth-order valence-corrected chi connectivity index (χ4v) is 4.62. The summed E-state index contributed by atoms with van der Waals surface area (Å²) >= 11 is 7.89. The highest BCUT2D eigenvalue weighted by molar-refractivity contribution is 14.1. The number of sulfonamides is 1. The van der Waals surface area contributed by atoms with Crippen LogP contribution in [-0.4, -0.2) is 26.0 Å². The van der Waals surface area contributed by atoms with E-state index in [2.05, 4.69) is 22.6 Å². The molecular formula is C16H15ClINO4S. The number of aliphatic carboxylic acids is 1. The van der Waals surface area contributed by atoms with Crippen LogP contribution in [0, 0.1) is 3.57 Å². The van der Waals surface area contributed by atoms with Crippen LogP contribution in [-0.2, 0) is 14.8 Å². The number of anilines is 1. The Morgan fingerprint density at radius 2 is 1.75 bits per heavy atom. The van der Waals surface area contributed by atoms with Gasteiger partial charge < -0.3 is 5.11 Å². The largest absolute Gasteiger partial charge is 0.481 e. The Balaban J connectivity index is 2.42. The molecule has 0 aliphatic rings. The van der Waals surface area contributed by atoms with E-state index in [0.29, 0.717) is 10.7 Å². The van der Waals surface area contributed by atoms with Crippen LogP contribution in [0.2, 0.25) is 5.02 Å². The van der Waals surface area contributed by atoms with Crippen molar-refractivity contribution in [3.63, 3.8) is 0 Å². The summed E-state index contributed by atoms with van der Waals surface area (Å²) in [6, 6.07) is 13.0. The number of carboxylic acid groups (broad SMARTS) is 1. The minimum absolute atomic E-state index is 0.0806. The smallest absolute Gasteiger partial charge is 0.303 e. The molecule has 0 heterocycles. The van der Waals surface area contributed by atoms with Crippen molar-refractivity contribution in [2.45, 2.75) is 17.7 Å². The minimum atomic E-state index is -3.81. The number of halogens is 2. The second-order valence-corrected chi connectivity index (χ2v) is 8.44. The lowest BCUT2D eigenvalue weighted by Crippen LogP contribution is -2.33. The van der Waals surface area contributed by atoms with Crippen molar-refractivity contribution >= 4 is 55.9 Å². The molecule has 24 heavy (non-hydrogen) atoms. The van der Waals surface area contributed by atoms with Gasteiger partial charge in [-0.05, 0) is 65.4 Å². The summed E-state index contributed by atoms with van der Waals surface area (Å²) in [6.45, 7) is 0.0806. The van der Waals surface area contributed by atoms with Gasteiger partial charge in [-0.2, -0.15) is 0 Å². The van der Waals surface area contributed by atoms with Crippen LogP contribution in [0.1, 0.15) is 12.8 Å². The van der Waals surface area contributed by atoms with E-state index in [1.807, 2.05) is 6.07 Å². The first-order chi connectivity index (χ1) is 11.3. The molecule has 2 rings (SSSR count). The summed E-state index contributed by atoms with van der Waals surface area (Å²) in [7, 11) is -3.81. The lowest BCUT2D eigenvalue weighted by atomic mass is 10.3. The lowest BCUT2D eigenvalue weighted by molar-refractivity contribution is -0.137. The maximum atomic E-state index is 13.0. The first-order valence-electron chi connectivity index (χ1n) is 7.07. The van der Waals surface area contributed by atoms with Crippen LogP contribution in [0.5, 0.6) is 0 Å². The van der Waals surface area contributed by atoms with Crippen molar-refractivity contribution in [2.24, 2.45) is 0 Å².